The standard InChI is InChI=1S/C40H53NO3/c1-28(17-13-19-30(3)21-23-35-32(5)25-34(41-44)26-39(35,7)8)15-11-12-16-29(2)18-14-20-31(4)22-24-36-33(6)38(43)37(42)27-40(36,9)10/h11-24,34,37,42H,25-27H2,1-10H3/b12-11+,17-13+,18-14+,23-21+,24-22+,28-15+,29-16+,30-19+,31-20+. The molecular weight excluding hydrogens is 542 g/mol. The molecule has 0 amide bonds. The van der Waals surface area contributed by atoms with Crippen molar-refractivity contribution < 1.29 is 9.90 Å². The van der Waals surface area contributed by atoms with E-state index in [-0.39, 0.29) is 22.7 Å². The number of allylic oxidation sites excluding steroid dienone is 20. The number of nitrogens with zero attached hydrogens (tertiary/aromatic N) is 1. The van der Waals surface area contributed by atoms with Gasteiger partial charge in [-0.1, -0.05) is 146 Å². The zero-order valence-corrected chi connectivity index (χ0v) is 28.6. The molecule has 0 fully saturated rings. The highest BCUT2D eigenvalue weighted by Gasteiger charge is 2.36. The van der Waals surface area contributed by atoms with Gasteiger partial charge in [-0.15, -0.1) is 0 Å². The van der Waals surface area contributed by atoms with Crippen LogP contribution < -0.4 is 0 Å². The highest BCUT2D eigenvalue weighted by atomic mass is 16.3. The Morgan fingerprint density at radius 3 is 1.61 bits per heavy atom. The van der Waals surface area contributed by atoms with Gasteiger partial charge in [0.05, 0.1) is 6.04 Å². The van der Waals surface area contributed by atoms with E-state index in [4.69, 9.17) is 0 Å². The van der Waals surface area contributed by atoms with Crippen LogP contribution in [0.2, 0.25) is 0 Å². The molecule has 44 heavy (non-hydrogen) atoms. The third-order valence-corrected chi connectivity index (χ3v) is 8.43. The van der Waals surface area contributed by atoms with Gasteiger partial charge in [0.15, 0.2) is 5.78 Å². The van der Waals surface area contributed by atoms with Crippen molar-refractivity contribution in [2.75, 3.05) is 0 Å². The highest BCUT2D eigenvalue weighted by molar-refractivity contribution is 6.00. The number of carbonyl (C=O) groups is 1. The van der Waals surface area contributed by atoms with Crippen molar-refractivity contribution in [3.05, 3.63) is 135 Å². The maximum absolute atomic E-state index is 12.2. The molecule has 2 aliphatic carbocycles. The Hall–Kier alpha value is -3.63. The van der Waals surface area contributed by atoms with Gasteiger partial charge in [-0.3, -0.25) is 4.79 Å². The fraction of sp³-hybridized carbons (Fsp3) is 0.425. The van der Waals surface area contributed by atoms with Gasteiger partial charge in [0.25, 0.3) is 0 Å². The highest BCUT2D eigenvalue weighted by Crippen LogP contribution is 2.42. The third-order valence-electron chi connectivity index (χ3n) is 8.43. The van der Waals surface area contributed by atoms with Crippen molar-refractivity contribution >= 4 is 5.78 Å². The van der Waals surface area contributed by atoms with Crippen molar-refractivity contribution in [3.8, 4) is 0 Å². The van der Waals surface area contributed by atoms with Gasteiger partial charge in [0.1, 0.15) is 6.10 Å². The van der Waals surface area contributed by atoms with Crippen LogP contribution in [0.1, 0.15) is 88.5 Å². The lowest BCUT2D eigenvalue weighted by molar-refractivity contribution is -0.125. The van der Waals surface area contributed by atoms with Gasteiger partial charge in [-0.05, 0) is 88.4 Å². The van der Waals surface area contributed by atoms with E-state index < -0.39 is 6.10 Å². The van der Waals surface area contributed by atoms with E-state index in [1.807, 2.05) is 43.4 Å². The SMILES string of the molecule is CC1=C(/C=C/C(C)=C/C=C/C(C)=C/C=C/C=C(C)/C=C/C=C(C)/C=C/C2=C(C)C(=O)C(O)CC2(C)C)C(C)(C)CC(N=O)C1. The number of carbonyl (C=O) groups excluding carboxylic acids is 1. The normalized spacial score (nSPS) is 24.4. The number of rotatable bonds is 11. The first-order valence-corrected chi connectivity index (χ1v) is 15.6. The monoisotopic (exact) mass is 595 g/mol. The van der Waals surface area contributed by atoms with Crippen molar-refractivity contribution in [2.24, 2.45) is 16.0 Å². The van der Waals surface area contributed by atoms with E-state index in [0.717, 1.165) is 35.1 Å². The molecule has 4 nitrogen and oxygen atoms in total. The predicted octanol–water partition coefficient (Wildman–Crippen LogP) is 10.5. The first-order valence-electron chi connectivity index (χ1n) is 15.6. The van der Waals surface area contributed by atoms with Crippen molar-refractivity contribution in [1.29, 1.82) is 0 Å². The van der Waals surface area contributed by atoms with E-state index in [1.54, 1.807) is 6.92 Å². The molecule has 2 unspecified atom stereocenters. The summed E-state index contributed by atoms with van der Waals surface area (Å²) in [5.74, 6) is -0.169. The number of aliphatic hydroxyl groups is 1. The number of hydrogen-bond acceptors (Lipinski definition) is 4. The predicted molar refractivity (Wildman–Crippen MR) is 188 cm³/mol. The van der Waals surface area contributed by atoms with Crippen LogP contribution in [0, 0.1) is 15.7 Å². The number of Topliss-reactive ketones (excluding diaryl/α,β-unsaturated/α-hetero) is 1. The summed E-state index contributed by atoms with van der Waals surface area (Å²) in [4.78, 5) is 23.3. The van der Waals surface area contributed by atoms with Crippen molar-refractivity contribution in [2.45, 2.75) is 101 Å². The summed E-state index contributed by atoms with van der Waals surface area (Å²) in [6.07, 6.45) is 30.1. The average Bonchev–Trinajstić information content (AvgIpc) is 2.92. The summed E-state index contributed by atoms with van der Waals surface area (Å²) in [6.45, 7) is 20.7. The molecule has 0 aromatic carbocycles. The second-order valence-corrected chi connectivity index (χ2v) is 13.7. The van der Waals surface area contributed by atoms with Crippen LogP contribution in [0.25, 0.3) is 0 Å². The first kappa shape index (κ1) is 36.6. The lowest BCUT2D eigenvalue weighted by Gasteiger charge is -2.35. The van der Waals surface area contributed by atoms with Crippen LogP contribution in [0.3, 0.4) is 0 Å². The number of nitroso groups, excluding NO2 is 1. The molecule has 0 radical (unpaired) electrons. The average molecular weight is 596 g/mol. The van der Waals surface area contributed by atoms with E-state index in [9.17, 15) is 14.8 Å². The molecule has 2 aliphatic rings. The third kappa shape index (κ3) is 11.1. The van der Waals surface area contributed by atoms with Gasteiger partial charge in [0.2, 0.25) is 0 Å². The molecule has 4 heteroatoms. The van der Waals surface area contributed by atoms with Crippen LogP contribution in [-0.2, 0) is 4.79 Å². The lowest BCUT2D eigenvalue weighted by Crippen LogP contribution is -2.35. The Labute approximate surface area is 266 Å². The molecule has 2 rings (SSSR count). The minimum Gasteiger partial charge on any atom is -0.385 e. The zero-order valence-electron chi connectivity index (χ0n) is 28.6. The molecule has 1 N–H and O–H groups in total. The number of ketones is 1. The lowest BCUT2D eigenvalue weighted by atomic mass is 9.71. The van der Waals surface area contributed by atoms with Crippen molar-refractivity contribution in [1.82, 2.24) is 0 Å². The fourth-order valence-electron chi connectivity index (χ4n) is 5.95. The molecule has 0 bridgehead atoms. The zero-order chi connectivity index (χ0) is 33.1. The van der Waals surface area contributed by atoms with E-state index in [1.165, 1.54) is 16.7 Å². The molecule has 0 aromatic rings. The molecule has 0 saturated heterocycles. The molecule has 0 aromatic heterocycles. The molecule has 0 spiro atoms. The molecular formula is C40H53NO3. The summed E-state index contributed by atoms with van der Waals surface area (Å²) in [5, 5.41) is 13.3. The summed E-state index contributed by atoms with van der Waals surface area (Å²) in [7, 11) is 0. The fourth-order valence-corrected chi connectivity index (χ4v) is 5.95. The van der Waals surface area contributed by atoms with Gasteiger partial charge in [-0.2, -0.15) is 4.91 Å². The Morgan fingerprint density at radius 2 is 1.14 bits per heavy atom. The largest absolute Gasteiger partial charge is 0.385 e. The summed E-state index contributed by atoms with van der Waals surface area (Å²) >= 11 is 0. The maximum atomic E-state index is 12.2. The smallest absolute Gasteiger partial charge is 0.187 e. The molecule has 2 atom stereocenters. The number of aliphatic hydroxyl groups excluding tert-OH is 1. The van der Waals surface area contributed by atoms with Crippen molar-refractivity contribution in [3.63, 3.8) is 0 Å². The van der Waals surface area contributed by atoms with Crippen LogP contribution >= 0.6 is 0 Å². The van der Waals surface area contributed by atoms with Gasteiger partial charge < -0.3 is 5.11 Å². The van der Waals surface area contributed by atoms with Gasteiger partial charge >= 0.3 is 0 Å². The van der Waals surface area contributed by atoms with Gasteiger partial charge in [-0.25, -0.2) is 0 Å². The van der Waals surface area contributed by atoms with E-state index >= 15 is 0 Å². The van der Waals surface area contributed by atoms with E-state index in [0.29, 0.717) is 12.0 Å². The molecule has 0 aliphatic heterocycles. The Morgan fingerprint density at radius 1 is 0.705 bits per heavy atom. The molecule has 0 heterocycles. The summed E-state index contributed by atoms with van der Waals surface area (Å²) in [6, 6.07) is -0.115. The number of hydrogen-bond donors (Lipinski definition) is 1. The Balaban J connectivity index is 1.93. The van der Waals surface area contributed by atoms with Crippen LogP contribution in [0.15, 0.2) is 135 Å². The van der Waals surface area contributed by atoms with Crippen LogP contribution in [-0.4, -0.2) is 23.0 Å². The minimum absolute atomic E-state index is 0.0473. The van der Waals surface area contributed by atoms with Crippen LogP contribution in [0.4, 0.5) is 0 Å². The van der Waals surface area contributed by atoms with E-state index in [2.05, 4.69) is 109 Å². The molecule has 0 saturated carbocycles. The quantitative estimate of drug-likeness (QED) is 0.191. The first-order chi connectivity index (χ1) is 20.6. The second-order valence-electron chi connectivity index (χ2n) is 13.7. The maximum Gasteiger partial charge on any atom is 0.187 e. The minimum atomic E-state index is -0.901. The van der Waals surface area contributed by atoms with Gasteiger partial charge in [0, 0.05) is 0 Å². The second kappa shape index (κ2) is 16.4. The summed E-state index contributed by atoms with van der Waals surface area (Å²) < 4.78 is 0. The Bertz CT molecular complexity index is 1420. The topological polar surface area (TPSA) is 66.7 Å². The summed E-state index contributed by atoms with van der Waals surface area (Å²) in [5.41, 5.74) is 8.47. The van der Waals surface area contributed by atoms with Crippen LogP contribution in [0.5, 0.6) is 0 Å². The Kier molecular flexibility index (Phi) is 13.7. The molecule has 236 valence electrons.